The van der Waals surface area contributed by atoms with Crippen molar-refractivity contribution in [3.8, 4) is 0 Å². The Morgan fingerprint density at radius 3 is 2.30 bits per heavy atom. The summed E-state index contributed by atoms with van der Waals surface area (Å²) in [5.74, 6) is -0.142. The molecule has 1 aromatic carbocycles. The molecule has 0 radical (unpaired) electrons. The Balaban J connectivity index is 2.62. The molecule has 2 nitrogen and oxygen atoms in total. The number of hydrogen-bond acceptors (Lipinski definition) is 2. The SMILES string of the molecule is CC(C)NCC(COCC(F)(F)F)c1ccc(Cl)cc1. The van der Waals surface area contributed by atoms with Crippen molar-refractivity contribution in [3.05, 3.63) is 34.9 Å². The Morgan fingerprint density at radius 2 is 1.80 bits per heavy atom. The molecule has 0 aliphatic heterocycles. The van der Waals surface area contributed by atoms with Crippen LogP contribution < -0.4 is 5.32 Å². The molecule has 0 fully saturated rings. The van der Waals surface area contributed by atoms with Crippen LogP contribution in [0, 0.1) is 0 Å². The van der Waals surface area contributed by atoms with E-state index in [9.17, 15) is 13.2 Å². The minimum absolute atomic E-state index is 0.0147. The van der Waals surface area contributed by atoms with Crippen molar-refractivity contribution in [1.82, 2.24) is 5.32 Å². The molecule has 0 aliphatic rings. The molecule has 0 saturated heterocycles. The van der Waals surface area contributed by atoms with Gasteiger partial charge in [-0.25, -0.2) is 0 Å². The molecule has 0 aromatic heterocycles. The summed E-state index contributed by atoms with van der Waals surface area (Å²) in [7, 11) is 0. The molecule has 0 bridgehead atoms. The molecule has 0 amide bonds. The van der Waals surface area contributed by atoms with E-state index in [-0.39, 0.29) is 18.6 Å². The third-order valence-corrected chi connectivity index (χ3v) is 2.95. The van der Waals surface area contributed by atoms with Crippen LogP contribution in [0.1, 0.15) is 25.3 Å². The molecule has 0 heterocycles. The van der Waals surface area contributed by atoms with Crippen molar-refractivity contribution in [2.24, 2.45) is 0 Å². The Bertz CT molecular complexity index is 392. The fourth-order valence-electron chi connectivity index (χ4n) is 1.70. The van der Waals surface area contributed by atoms with E-state index >= 15 is 0 Å². The zero-order valence-electron chi connectivity index (χ0n) is 11.5. The molecule has 0 spiro atoms. The Morgan fingerprint density at radius 1 is 1.20 bits per heavy atom. The van der Waals surface area contributed by atoms with Crippen LogP contribution in [0.4, 0.5) is 13.2 Å². The van der Waals surface area contributed by atoms with Gasteiger partial charge in [0.2, 0.25) is 0 Å². The van der Waals surface area contributed by atoms with Crippen molar-refractivity contribution in [1.29, 1.82) is 0 Å². The molecule has 1 rings (SSSR count). The number of nitrogens with one attached hydrogen (secondary N) is 1. The number of rotatable bonds is 7. The first-order valence-electron chi connectivity index (χ1n) is 6.41. The quantitative estimate of drug-likeness (QED) is 0.822. The van der Waals surface area contributed by atoms with Crippen molar-refractivity contribution in [2.45, 2.75) is 32.0 Å². The maximum atomic E-state index is 12.1. The molecular weight excluding hydrogens is 291 g/mol. The lowest BCUT2D eigenvalue weighted by molar-refractivity contribution is -0.174. The molecule has 1 N–H and O–H groups in total. The molecule has 6 heteroatoms. The molecule has 0 aliphatic carbocycles. The second-order valence-electron chi connectivity index (χ2n) is 4.94. The molecule has 0 saturated carbocycles. The molecule has 1 aromatic rings. The average molecular weight is 310 g/mol. The Kier molecular flexibility index (Phi) is 6.79. The predicted molar refractivity (Wildman–Crippen MR) is 74.2 cm³/mol. The van der Waals surface area contributed by atoms with Crippen LogP contribution in [-0.2, 0) is 4.74 Å². The summed E-state index contributed by atoms with van der Waals surface area (Å²) in [6.45, 7) is 3.31. The maximum Gasteiger partial charge on any atom is 0.411 e. The number of ether oxygens (including phenoxy) is 1. The Labute approximate surface area is 122 Å². The number of alkyl halides is 3. The first-order chi connectivity index (χ1) is 9.28. The summed E-state index contributed by atoms with van der Waals surface area (Å²) >= 11 is 5.81. The van der Waals surface area contributed by atoms with Gasteiger partial charge < -0.3 is 10.1 Å². The summed E-state index contributed by atoms with van der Waals surface area (Å²) < 4.78 is 41.1. The lowest BCUT2D eigenvalue weighted by atomic mass is 10.00. The first-order valence-corrected chi connectivity index (χ1v) is 6.79. The lowest BCUT2D eigenvalue weighted by Gasteiger charge is -2.20. The van der Waals surface area contributed by atoms with Gasteiger partial charge in [-0.05, 0) is 17.7 Å². The van der Waals surface area contributed by atoms with Crippen LogP contribution in [0.5, 0.6) is 0 Å². The molecule has 1 unspecified atom stereocenters. The molecule has 20 heavy (non-hydrogen) atoms. The second kappa shape index (κ2) is 7.86. The largest absolute Gasteiger partial charge is 0.411 e. The van der Waals surface area contributed by atoms with Gasteiger partial charge in [-0.3, -0.25) is 0 Å². The van der Waals surface area contributed by atoms with Crippen LogP contribution in [0.25, 0.3) is 0 Å². The summed E-state index contributed by atoms with van der Waals surface area (Å²) in [6.07, 6.45) is -4.30. The zero-order chi connectivity index (χ0) is 15.2. The van der Waals surface area contributed by atoms with Crippen molar-refractivity contribution >= 4 is 11.6 Å². The van der Waals surface area contributed by atoms with Crippen LogP contribution >= 0.6 is 11.6 Å². The van der Waals surface area contributed by atoms with Gasteiger partial charge in [-0.1, -0.05) is 37.6 Å². The van der Waals surface area contributed by atoms with E-state index in [0.717, 1.165) is 5.56 Å². The van der Waals surface area contributed by atoms with Crippen molar-refractivity contribution < 1.29 is 17.9 Å². The standard InChI is InChI=1S/C14H19ClF3NO/c1-10(2)19-7-12(8-20-9-14(16,17)18)11-3-5-13(15)6-4-11/h3-6,10,12,19H,7-9H2,1-2H3. The van der Waals surface area contributed by atoms with Crippen LogP contribution in [-0.4, -0.2) is 32.0 Å². The van der Waals surface area contributed by atoms with Gasteiger partial charge in [0.15, 0.2) is 0 Å². The van der Waals surface area contributed by atoms with E-state index in [2.05, 4.69) is 5.32 Å². The van der Waals surface area contributed by atoms with Crippen molar-refractivity contribution in [3.63, 3.8) is 0 Å². The third-order valence-electron chi connectivity index (χ3n) is 2.70. The summed E-state index contributed by atoms with van der Waals surface area (Å²) in [6, 6.07) is 7.33. The van der Waals surface area contributed by atoms with Gasteiger partial charge in [-0.2, -0.15) is 13.2 Å². The van der Waals surface area contributed by atoms with Crippen molar-refractivity contribution in [2.75, 3.05) is 19.8 Å². The normalized spacial score (nSPS) is 13.8. The van der Waals surface area contributed by atoms with Crippen LogP contribution in [0.3, 0.4) is 0 Å². The van der Waals surface area contributed by atoms with E-state index < -0.39 is 12.8 Å². The molecule has 114 valence electrons. The summed E-state index contributed by atoms with van der Waals surface area (Å²) in [4.78, 5) is 0. The van der Waals surface area contributed by atoms with Gasteiger partial charge >= 0.3 is 6.18 Å². The number of benzene rings is 1. The highest BCUT2D eigenvalue weighted by Gasteiger charge is 2.28. The monoisotopic (exact) mass is 309 g/mol. The highest BCUT2D eigenvalue weighted by atomic mass is 35.5. The van der Waals surface area contributed by atoms with E-state index in [1.54, 1.807) is 12.1 Å². The van der Waals surface area contributed by atoms with Gasteiger partial charge in [0.05, 0.1) is 6.61 Å². The summed E-state index contributed by atoms with van der Waals surface area (Å²) in [5, 5.41) is 3.81. The third kappa shape index (κ3) is 7.12. The van der Waals surface area contributed by atoms with Gasteiger partial charge in [-0.15, -0.1) is 0 Å². The van der Waals surface area contributed by atoms with E-state index in [0.29, 0.717) is 11.6 Å². The average Bonchev–Trinajstić information content (AvgIpc) is 2.33. The van der Waals surface area contributed by atoms with E-state index in [1.807, 2.05) is 26.0 Å². The minimum atomic E-state index is -4.30. The minimum Gasteiger partial charge on any atom is -0.371 e. The number of halogens is 4. The van der Waals surface area contributed by atoms with Gasteiger partial charge in [0, 0.05) is 23.5 Å². The maximum absolute atomic E-state index is 12.1. The smallest absolute Gasteiger partial charge is 0.371 e. The van der Waals surface area contributed by atoms with Gasteiger partial charge in [0.25, 0.3) is 0 Å². The van der Waals surface area contributed by atoms with Crippen LogP contribution in [0.15, 0.2) is 24.3 Å². The summed E-state index contributed by atoms with van der Waals surface area (Å²) in [5.41, 5.74) is 0.907. The fourth-order valence-corrected chi connectivity index (χ4v) is 1.83. The van der Waals surface area contributed by atoms with Gasteiger partial charge in [0.1, 0.15) is 6.61 Å². The molecule has 1 atom stereocenters. The second-order valence-corrected chi connectivity index (χ2v) is 5.38. The highest BCUT2D eigenvalue weighted by molar-refractivity contribution is 6.30. The highest BCUT2D eigenvalue weighted by Crippen LogP contribution is 2.21. The number of hydrogen-bond donors (Lipinski definition) is 1. The Hall–Kier alpha value is -0.780. The lowest BCUT2D eigenvalue weighted by Crippen LogP contribution is -2.31. The zero-order valence-corrected chi connectivity index (χ0v) is 12.3. The fraction of sp³-hybridized carbons (Fsp3) is 0.571. The van der Waals surface area contributed by atoms with E-state index in [4.69, 9.17) is 16.3 Å². The van der Waals surface area contributed by atoms with Crippen LogP contribution in [0.2, 0.25) is 5.02 Å². The molecular formula is C14H19ClF3NO. The predicted octanol–water partition coefficient (Wildman–Crippen LogP) is 4.00. The topological polar surface area (TPSA) is 21.3 Å². The van der Waals surface area contributed by atoms with E-state index in [1.165, 1.54) is 0 Å². The first kappa shape index (κ1) is 17.3.